The lowest BCUT2D eigenvalue weighted by molar-refractivity contribution is -0.104. The minimum absolute atomic E-state index is 0. The fourth-order valence-electron chi connectivity index (χ4n) is 16.1. The van der Waals surface area contributed by atoms with Gasteiger partial charge in [-0.15, -0.1) is 0 Å². The van der Waals surface area contributed by atoms with Gasteiger partial charge >= 0.3 is 0 Å². The zero-order chi connectivity index (χ0) is 99.8. The maximum absolute atomic E-state index is 11.5. The Balaban J connectivity index is -0.000000735. The Bertz CT molecular complexity index is 4890. The van der Waals surface area contributed by atoms with Crippen molar-refractivity contribution in [3.63, 3.8) is 0 Å². The van der Waals surface area contributed by atoms with Crippen molar-refractivity contribution in [3.8, 4) is 24.3 Å². The van der Waals surface area contributed by atoms with Crippen LogP contribution in [-0.2, 0) is 32.6 Å². The molecule has 0 aromatic carbocycles. The van der Waals surface area contributed by atoms with E-state index in [1.54, 1.807) is 57.8 Å². The molecule has 0 saturated heterocycles. The second-order valence-corrected chi connectivity index (χ2v) is 43.1. The van der Waals surface area contributed by atoms with Crippen LogP contribution in [0.1, 0.15) is 266 Å². The Kier molecular flexibility index (Phi) is 65.0. The molecule has 0 fully saturated rings. The van der Waals surface area contributed by atoms with Crippen LogP contribution in [-0.4, -0.2) is 114 Å². The van der Waals surface area contributed by atoms with Crippen molar-refractivity contribution in [1.82, 2.24) is 0 Å². The number of nitriles is 4. The molecular weight excluding hydrogens is 1680 g/mol. The third-order valence-electron chi connectivity index (χ3n) is 21.9. The molecule has 726 valence electrons. The summed E-state index contributed by atoms with van der Waals surface area (Å²) in [5, 5.41) is 82.9. The Hall–Kier alpha value is -9.61. The fourth-order valence-corrected chi connectivity index (χ4v) is 18.6. The molecule has 5 N–H and O–H groups in total. The highest BCUT2D eigenvalue weighted by Gasteiger charge is 2.36. The maximum atomic E-state index is 11.5. The van der Waals surface area contributed by atoms with Crippen molar-refractivity contribution < 1.29 is 58.1 Å². The highest BCUT2D eigenvalue weighted by atomic mass is 31.2. The average Bonchev–Trinajstić information content (AvgIpc) is 0.828. The lowest BCUT2D eigenvalue weighted by Crippen LogP contribution is -2.28. The first-order chi connectivity index (χ1) is 60.5. The summed E-state index contributed by atoms with van der Waals surface area (Å²) in [6.07, 6.45) is 71.0. The van der Waals surface area contributed by atoms with Crippen LogP contribution in [0.4, 0.5) is 0 Å². The summed E-state index contributed by atoms with van der Waals surface area (Å²) in [7, 11) is -5.05. The molecule has 0 aromatic heterocycles. The van der Waals surface area contributed by atoms with Crippen molar-refractivity contribution in [3.05, 3.63) is 306 Å². The molecule has 0 heterocycles. The van der Waals surface area contributed by atoms with E-state index in [0.717, 1.165) is 128 Å². The number of aliphatic hydroxyl groups is 5. The molecule has 0 aliphatic heterocycles. The molecule has 132 heavy (non-hydrogen) atoms. The number of allylic oxidation sites excluding steroid dienone is 47. The van der Waals surface area contributed by atoms with Crippen LogP contribution in [0, 0.1) is 72.4 Å². The zero-order valence-corrected chi connectivity index (χ0v) is 86.1. The predicted molar refractivity (Wildman–Crippen MR) is 561 cm³/mol. The fraction of sp³-hybridized carbons (Fsp3) is 0.482. The first kappa shape index (κ1) is 129. The number of nitrogens with zero attached hydrogens (tertiary/aromatic N) is 4. The third kappa shape index (κ3) is 57.1. The van der Waals surface area contributed by atoms with Gasteiger partial charge in [-0.1, -0.05) is 309 Å². The van der Waals surface area contributed by atoms with Crippen LogP contribution in [0.5, 0.6) is 0 Å². The lowest BCUT2D eigenvalue weighted by atomic mass is 9.71. The van der Waals surface area contributed by atoms with E-state index in [1.165, 1.54) is 97.8 Å². The Labute approximate surface area is 800 Å². The molecule has 16 nitrogen and oxygen atoms in total. The SMILES string of the molecule is C.C.CC1=C(/C=C/C(C)=C/C=C/C(C)=C/C#N)C(C)(C)CC(O)C1.CC1=C(/C=C/C(C)=C/C=C/C(C)=C/C=C/C#N)C(C)(C)CC(O)C1.CC1=C(/C=C/C(C)=C/C=C/C(C)=C/C=C/C=O)C(C)(C)CC(O)C1.CC1=C(/C=C/C(C)=C/C=C/C(C)=C/C=O)C(C)(C)CC(O)C1.CC1=C(/C=C/C(C)=C/C=O)C(C)(C)CC(O)C1.CCOP(C)(=O)C/C(C)=C/C#N.CCOP(C)(=O)CC#N. The molecule has 0 saturated carbocycles. The van der Waals surface area contributed by atoms with Crippen molar-refractivity contribution >= 4 is 33.6 Å². The smallest absolute Gasteiger partial charge is 0.213 e. The van der Waals surface area contributed by atoms with E-state index < -0.39 is 14.7 Å². The normalized spacial score (nSPS) is 22.1. The quantitative estimate of drug-likeness (QED) is 0.0147. The van der Waals surface area contributed by atoms with E-state index >= 15 is 0 Å². The predicted octanol–water partition coefficient (Wildman–Crippen LogP) is 28.8. The minimum atomic E-state index is -2.55. The Morgan fingerprint density at radius 1 is 0.348 bits per heavy atom. The highest BCUT2D eigenvalue weighted by Crippen LogP contribution is 2.47. The highest BCUT2D eigenvalue weighted by molar-refractivity contribution is 7.58. The van der Waals surface area contributed by atoms with Gasteiger partial charge in [0.15, 0.2) is 0 Å². The van der Waals surface area contributed by atoms with E-state index in [4.69, 9.17) is 30.1 Å². The average molecular weight is 1850 g/mol. The largest absolute Gasteiger partial charge is 0.393 e. The number of aliphatic hydroxyl groups excluding tert-OH is 5. The van der Waals surface area contributed by atoms with Crippen LogP contribution in [0.15, 0.2) is 306 Å². The molecule has 0 aromatic rings. The van der Waals surface area contributed by atoms with Crippen molar-refractivity contribution in [1.29, 1.82) is 21.0 Å². The van der Waals surface area contributed by atoms with Crippen LogP contribution < -0.4 is 0 Å². The molecule has 0 bridgehead atoms. The van der Waals surface area contributed by atoms with Gasteiger partial charge in [-0.05, 0) is 272 Å². The number of carbonyl (C=O) groups excluding carboxylic acids is 3. The molecule has 5 aliphatic carbocycles. The second-order valence-electron chi connectivity index (χ2n) is 37.8. The van der Waals surface area contributed by atoms with Crippen molar-refractivity contribution in [2.45, 2.75) is 297 Å². The summed E-state index contributed by atoms with van der Waals surface area (Å²) in [6.45, 7) is 59.6. The van der Waals surface area contributed by atoms with Gasteiger partial charge in [0.05, 0.1) is 68.0 Å². The molecule has 7 unspecified atom stereocenters. The van der Waals surface area contributed by atoms with Crippen LogP contribution in [0.2, 0.25) is 0 Å². The molecular formula is C114H168N4O12P2. The topological polar surface area (TPSA) is 300 Å². The number of aldehydes is 3. The van der Waals surface area contributed by atoms with Crippen molar-refractivity contribution in [2.75, 3.05) is 38.9 Å². The molecule has 18 heteroatoms. The van der Waals surface area contributed by atoms with Gasteiger partial charge in [0.2, 0.25) is 14.7 Å². The van der Waals surface area contributed by atoms with Gasteiger partial charge in [-0.25, -0.2) is 0 Å². The Morgan fingerprint density at radius 3 is 0.833 bits per heavy atom. The molecule has 0 spiro atoms. The Morgan fingerprint density at radius 2 is 0.591 bits per heavy atom. The monoisotopic (exact) mass is 1850 g/mol. The molecule has 5 aliphatic rings. The maximum Gasteiger partial charge on any atom is 0.213 e. The van der Waals surface area contributed by atoms with Gasteiger partial charge in [-0.2, -0.15) is 21.0 Å². The van der Waals surface area contributed by atoms with Gasteiger partial charge in [0.25, 0.3) is 0 Å². The van der Waals surface area contributed by atoms with E-state index in [-0.39, 0.29) is 78.6 Å². The van der Waals surface area contributed by atoms with E-state index in [0.29, 0.717) is 19.4 Å². The molecule has 0 radical (unpaired) electrons. The number of hydrogen-bond acceptors (Lipinski definition) is 16. The first-order valence-electron chi connectivity index (χ1n) is 44.9. The molecule has 7 atom stereocenters. The third-order valence-corrected chi connectivity index (χ3v) is 25.3. The summed E-state index contributed by atoms with van der Waals surface area (Å²) < 4.78 is 32.4. The van der Waals surface area contributed by atoms with E-state index in [9.17, 15) is 49.0 Å². The standard InChI is InChI=1S/C22H29NO.C22H30O2.C20H27NO.C20H28O2.C15H22O2.C8H14NO2P.C5H10NO2P.2CH4/c2*1-17(9-6-7-14-23)10-8-11-18(2)12-13-21-19(3)15-20(24)16-22(21,4)5;2*1-15(7-6-8-16(2)11-12-21)9-10-19-17(3)13-18(22)14-20(19,4)5;1-11(7-8-16)5-6-14-12(2)9-13(17)10-15(14,3)4;1-4-11-12(3,10)7-8(2)5-6-9;1-3-8-9(2,7)5-4-6;;/h6-13,20,24H,15-16H2,1-5H3;6-14,20,24H,15-16H2,1-5H3;6-11,18,22H,13-14H2,1-5H3;6-12,18,22H,13-14H2,1-5H3;5-8,13,17H,9-10H2,1-4H3;5H,4,7H2,1-3H3;3,5H2,1-2H3;2*1H4/b2*7-6+,10-8+,13-12+,17-9+,18-11+;2*8-6+,10-9+,15-7+,16-11+;6-5+,11-7+;8-5+;;;. The van der Waals surface area contributed by atoms with Gasteiger partial charge in [0.1, 0.15) is 25.0 Å². The zero-order valence-electron chi connectivity index (χ0n) is 84.3. The van der Waals surface area contributed by atoms with Crippen LogP contribution >= 0.6 is 14.7 Å². The van der Waals surface area contributed by atoms with E-state index in [2.05, 4.69) is 198 Å². The summed E-state index contributed by atoms with van der Waals surface area (Å²) >= 11 is 0. The van der Waals surface area contributed by atoms with Crippen molar-refractivity contribution in [2.24, 2.45) is 27.1 Å². The van der Waals surface area contributed by atoms with Crippen LogP contribution in [0.25, 0.3) is 0 Å². The minimum Gasteiger partial charge on any atom is -0.393 e. The van der Waals surface area contributed by atoms with Crippen LogP contribution in [0.3, 0.4) is 0 Å². The van der Waals surface area contributed by atoms with Gasteiger partial charge in [-0.3, -0.25) is 23.5 Å². The first-order valence-corrected chi connectivity index (χ1v) is 49.4. The molecule has 5 rings (SSSR count). The summed E-state index contributed by atoms with van der Waals surface area (Å²) in [4.78, 5) is 30.9. The summed E-state index contributed by atoms with van der Waals surface area (Å²) in [5.41, 5.74) is 23.5. The van der Waals surface area contributed by atoms with Gasteiger partial charge in [0, 0.05) is 37.7 Å². The molecule has 0 amide bonds. The summed E-state index contributed by atoms with van der Waals surface area (Å²) in [5.74, 6) is 0. The van der Waals surface area contributed by atoms with E-state index in [1.807, 2.05) is 132 Å². The second kappa shape index (κ2) is 66.7. The number of carbonyl (C=O) groups is 3. The number of hydrogen-bond donors (Lipinski definition) is 5. The summed E-state index contributed by atoms with van der Waals surface area (Å²) in [6, 6.07) is 7.68. The van der Waals surface area contributed by atoms with Gasteiger partial charge < -0.3 is 34.6 Å². The number of rotatable bonds is 30. The lowest BCUT2D eigenvalue weighted by Gasteiger charge is -2.35.